The van der Waals surface area contributed by atoms with Gasteiger partial charge in [0.05, 0.1) is 27.9 Å². The Labute approximate surface area is 175 Å². The lowest BCUT2D eigenvalue weighted by Crippen LogP contribution is -2.31. The molecule has 0 fully saturated rings. The van der Waals surface area contributed by atoms with Crippen molar-refractivity contribution >= 4 is 41.5 Å². The van der Waals surface area contributed by atoms with E-state index in [9.17, 15) is 0 Å². The number of benzene rings is 2. The van der Waals surface area contributed by atoms with Crippen molar-refractivity contribution in [3.05, 3.63) is 52.5 Å². The Balaban J connectivity index is 0.00000338. The van der Waals surface area contributed by atoms with Gasteiger partial charge in [0, 0.05) is 17.1 Å². The Kier molecular flexibility index (Phi) is 9.36. The maximum absolute atomic E-state index is 5.95. The Morgan fingerprint density at radius 2 is 1.69 bits per heavy atom. The first-order valence-electron chi connectivity index (χ1n) is 7.64. The normalized spacial score (nSPS) is 10.7. The molecule has 2 aromatic carbocycles. The van der Waals surface area contributed by atoms with Gasteiger partial charge in [-0.1, -0.05) is 23.7 Å². The average Bonchev–Trinajstić information content (AvgIpc) is 2.64. The van der Waals surface area contributed by atoms with Crippen LogP contribution in [-0.4, -0.2) is 27.3 Å². The quantitative estimate of drug-likeness (QED) is 0.352. The Morgan fingerprint density at radius 3 is 2.35 bits per heavy atom. The van der Waals surface area contributed by atoms with Crippen molar-refractivity contribution in [3.63, 3.8) is 0 Å². The van der Waals surface area contributed by atoms with Gasteiger partial charge < -0.3 is 25.3 Å². The maximum atomic E-state index is 5.95. The van der Waals surface area contributed by atoms with Crippen LogP contribution < -0.4 is 25.3 Å². The van der Waals surface area contributed by atoms with Crippen molar-refractivity contribution in [1.82, 2.24) is 5.32 Å². The van der Waals surface area contributed by atoms with Gasteiger partial charge in [-0.05, 0) is 29.8 Å². The van der Waals surface area contributed by atoms with Crippen LogP contribution in [0.2, 0.25) is 5.02 Å². The number of ether oxygens (including phenoxy) is 3. The van der Waals surface area contributed by atoms with Crippen LogP contribution in [0, 0.1) is 0 Å². The number of nitrogens with zero attached hydrogens (tertiary/aromatic N) is 1. The van der Waals surface area contributed by atoms with E-state index >= 15 is 0 Å². The molecule has 0 saturated carbocycles. The summed E-state index contributed by atoms with van der Waals surface area (Å²) in [5.41, 5.74) is 7.84. The van der Waals surface area contributed by atoms with Crippen molar-refractivity contribution in [2.24, 2.45) is 10.7 Å². The molecule has 0 radical (unpaired) electrons. The van der Waals surface area contributed by atoms with Crippen molar-refractivity contribution in [1.29, 1.82) is 0 Å². The molecule has 0 heterocycles. The summed E-state index contributed by atoms with van der Waals surface area (Å²) in [5, 5.41) is 3.68. The number of nitrogens with two attached hydrogens (primary N) is 1. The van der Waals surface area contributed by atoms with Gasteiger partial charge in [0.15, 0.2) is 17.5 Å². The van der Waals surface area contributed by atoms with Gasteiger partial charge >= 0.3 is 0 Å². The van der Waals surface area contributed by atoms with E-state index in [0.29, 0.717) is 41.3 Å². The molecular formula is C18H23ClIN3O3. The molecule has 8 heteroatoms. The second-order valence-electron chi connectivity index (χ2n) is 5.20. The number of hydrogen-bond acceptors (Lipinski definition) is 4. The van der Waals surface area contributed by atoms with E-state index in [1.165, 1.54) is 0 Å². The van der Waals surface area contributed by atoms with Gasteiger partial charge in [0.2, 0.25) is 0 Å². The zero-order chi connectivity index (χ0) is 18.2. The highest BCUT2D eigenvalue weighted by Gasteiger charge is 2.06. The lowest BCUT2D eigenvalue weighted by Gasteiger charge is -2.11. The number of nitrogens with one attached hydrogen (secondary N) is 1. The molecule has 0 atom stereocenters. The minimum absolute atomic E-state index is 0. The van der Waals surface area contributed by atoms with Crippen LogP contribution in [0.3, 0.4) is 0 Å². The molecule has 0 unspecified atom stereocenters. The van der Waals surface area contributed by atoms with Crippen LogP contribution in [0.5, 0.6) is 17.2 Å². The molecule has 0 spiro atoms. The second kappa shape index (κ2) is 11.0. The zero-order valence-corrected chi connectivity index (χ0v) is 18.0. The third-order valence-electron chi connectivity index (χ3n) is 3.59. The van der Waals surface area contributed by atoms with Crippen molar-refractivity contribution in [2.75, 3.05) is 21.3 Å². The monoisotopic (exact) mass is 491 g/mol. The Morgan fingerprint density at radius 1 is 1.00 bits per heavy atom. The summed E-state index contributed by atoms with van der Waals surface area (Å²) < 4.78 is 15.8. The molecule has 2 rings (SSSR count). The fourth-order valence-electron chi connectivity index (χ4n) is 2.26. The molecule has 0 saturated heterocycles. The van der Waals surface area contributed by atoms with E-state index in [-0.39, 0.29) is 24.0 Å². The summed E-state index contributed by atoms with van der Waals surface area (Å²) >= 11 is 5.95. The highest BCUT2D eigenvalue weighted by molar-refractivity contribution is 14.0. The Hall–Kier alpha value is -1.87. The molecule has 142 valence electrons. The van der Waals surface area contributed by atoms with Gasteiger partial charge in [-0.25, -0.2) is 4.99 Å². The standard InChI is InChI=1S/C18H22ClN3O3.HI/c1-23-15-7-4-12(8-17(15)25-3)10-21-18(20)22-11-13-5-6-14(19)9-16(13)24-2;/h4-9H,10-11H2,1-3H3,(H3,20,21,22);1H. The molecule has 26 heavy (non-hydrogen) atoms. The highest BCUT2D eigenvalue weighted by Crippen LogP contribution is 2.27. The van der Waals surface area contributed by atoms with Crippen molar-refractivity contribution in [2.45, 2.75) is 13.1 Å². The molecular weight excluding hydrogens is 469 g/mol. The summed E-state index contributed by atoms with van der Waals surface area (Å²) in [4.78, 5) is 4.33. The van der Waals surface area contributed by atoms with Crippen molar-refractivity contribution in [3.8, 4) is 17.2 Å². The SMILES string of the molecule is COc1cc(Cl)ccc1CNC(N)=NCc1ccc(OC)c(OC)c1.I. The van der Waals surface area contributed by atoms with Crippen LogP contribution in [0.1, 0.15) is 11.1 Å². The molecule has 2 aromatic rings. The summed E-state index contributed by atoms with van der Waals surface area (Å²) in [7, 11) is 4.80. The molecule has 0 aliphatic heterocycles. The molecule has 0 aliphatic rings. The van der Waals surface area contributed by atoms with Crippen LogP contribution in [0.15, 0.2) is 41.4 Å². The third kappa shape index (κ3) is 6.14. The zero-order valence-electron chi connectivity index (χ0n) is 14.9. The lowest BCUT2D eigenvalue weighted by molar-refractivity contribution is 0.354. The van der Waals surface area contributed by atoms with Gasteiger partial charge in [0.1, 0.15) is 5.75 Å². The van der Waals surface area contributed by atoms with Crippen LogP contribution in [0.25, 0.3) is 0 Å². The average molecular weight is 492 g/mol. The number of halogens is 2. The van der Waals surface area contributed by atoms with Gasteiger partial charge in [-0.15, -0.1) is 24.0 Å². The fourth-order valence-corrected chi connectivity index (χ4v) is 2.42. The number of hydrogen-bond donors (Lipinski definition) is 2. The summed E-state index contributed by atoms with van der Waals surface area (Å²) in [6, 6.07) is 11.1. The van der Waals surface area contributed by atoms with Gasteiger partial charge in [-0.2, -0.15) is 0 Å². The number of aliphatic imine (C=N–C) groups is 1. The van der Waals surface area contributed by atoms with Crippen LogP contribution >= 0.6 is 35.6 Å². The molecule has 3 N–H and O–H groups in total. The van der Waals surface area contributed by atoms with Crippen molar-refractivity contribution < 1.29 is 14.2 Å². The van der Waals surface area contributed by atoms with E-state index in [0.717, 1.165) is 11.1 Å². The Bertz CT molecular complexity index is 756. The lowest BCUT2D eigenvalue weighted by atomic mass is 10.2. The van der Waals surface area contributed by atoms with E-state index in [2.05, 4.69) is 10.3 Å². The summed E-state index contributed by atoms with van der Waals surface area (Å²) in [6.07, 6.45) is 0. The topological polar surface area (TPSA) is 78.1 Å². The largest absolute Gasteiger partial charge is 0.496 e. The fraction of sp³-hybridized carbons (Fsp3) is 0.278. The molecule has 6 nitrogen and oxygen atoms in total. The minimum atomic E-state index is 0. The third-order valence-corrected chi connectivity index (χ3v) is 3.82. The molecule has 0 aliphatic carbocycles. The minimum Gasteiger partial charge on any atom is -0.496 e. The summed E-state index contributed by atoms with van der Waals surface area (Å²) in [6.45, 7) is 0.915. The first-order chi connectivity index (χ1) is 12.1. The molecule has 0 amide bonds. The first kappa shape index (κ1) is 22.2. The second-order valence-corrected chi connectivity index (χ2v) is 5.64. The number of rotatable bonds is 7. The number of methoxy groups -OCH3 is 3. The van der Waals surface area contributed by atoms with E-state index in [1.54, 1.807) is 33.5 Å². The van der Waals surface area contributed by atoms with Crippen LogP contribution in [-0.2, 0) is 13.1 Å². The molecule has 0 aromatic heterocycles. The van der Waals surface area contributed by atoms with E-state index in [1.807, 2.05) is 24.3 Å². The van der Waals surface area contributed by atoms with E-state index < -0.39 is 0 Å². The maximum Gasteiger partial charge on any atom is 0.189 e. The first-order valence-corrected chi connectivity index (χ1v) is 8.02. The van der Waals surface area contributed by atoms with Gasteiger partial charge in [-0.3, -0.25) is 0 Å². The summed E-state index contributed by atoms with van der Waals surface area (Å²) in [5.74, 6) is 2.38. The highest BCUT2D eigenvalue weighted by atomic mass is 127. The van der Waals surface area contributed by atoms with Gasteiger partial charge in [0.25, 0.3) is 0 Å². The molecule has 0 bridgehead atoms. The smallest absolute Gasteiger partial charge is 0.189 e. The van der Waals surface area contributed by atoms with Crippen LogP contribution in [0.4, 0.5) is 0 Å². The predicted molar refractivity (Wildman–Crippen MR) is 115 cm³/mol. The number of guanidine groups is 1. The predicted octanol–water partition coefficient (Wildman–Crippen LogP) is 3.59. The van der Waals surface area contributed by atoms with E-state index in [4.69, 9.17) is 31.5 Å².